The van der Waals surface area contributed by atoms with E-state index in [1.807, 2.05) is 26.1 Å². The maximum Gasteiger partial charge on any atom is 0.139 e. The number of rotatable bonds is 2. The van der Waals surface area contributed by atoms with Gasteiger partial charge in [0.15, 0.2) is 0 Å². The van der Waals surface area contributed by atoms with Crippen LogP contribution in [0.1, 0.15) is 47.1 Å². The van der Waals surface area contributed by atoms with E-state index in [1.165, 1.54) is 0 Å². The van der Waals surface area contributed by atoms with Gasteiger partial charge in [0, 0.05) is 23.3 Å². The minimum Gasteiger partial charge on any atom is -0.349 e. The molecule has 1 aromatic rings. The Hall–Kier alpha value is -1.05. The van der Waals surface area contributed by atoms with Crippen molar-refractivity contribution in [2.75, 3.05) is 0 Å². The molecule has 84 valence electrons. The molecule has 0 amide bonds. The normalized spacial score (nSPS) is 12.9. The molecule has 0 spiro atoms. The van der Waals surface area contributed by atoms with Crippen LogP contribution >= 0.6 is 0 Å². The molecule has 0 atom stereocenters. The van der Waals surface area contributed by atoms with E-state index in [-0.39, 0.29) is 16.7 Å². The van der Waals surface area contributed by atoms with Gasteiger partial charge in [-0.3, -0.25) is 4.79 Å². The van der Waals surface area contributed by atoms with E-state index in [0.29, 0.717) is 0 Å². The first-order chi connectivity index (χ1) is 6.65. The highest BCUT2D eigenvalue weighted by molar-refractivity contribution is 5.86. The van der Waals surface area contributed by atoms with Gasteiger partial charge in [0.25, 0.3) is 0 Å². The van der Waals surface area contributed by atoms with E-state index >= 15 is 0 Å². The van der Waals surface area contributed by atoms with Crippen molar-refractivity contribution in [1.29, 1.82) is 0 Å². The van der Waals surface area contributed by atoms with Gasteiger partial charge in [-0.05, 0) is 53.2 Å². The Morgan fingerprint density at radius 1 is 1.20 bits per heavy atom. The van der Waals surface area contributed by atoms with Crippen molar-refractivity contribution < 1.29 is 4.79 Å². The van der Waals surface area contributed by atoms with Gasteiger partial charge < -0.3 is 4.57 Å². The van der Waals surface area contributed by atoms with Gasteiger partial charge in [-0.15, -0.1) is 0 Å². The Morgan fingerprint density at radius 3 is 2.07 bits per heavy atom. The predicted molar refractivity (Wildman–Crippen MR) is 63.1 cm³/mol. The number of ketones is 1. The zero-order valence-electron chi connectivity index (χ0n) is 10.6. The Morgan fingerprint density at radius 2 is 1.73 bits per heavy atom. The minimum atomic E-state index is -0.378. The van der Waals surface area contributed by atoms with Crippen molar-refractivity contribution in [3.8, 4) is 0 Å². The van der Waals surface area contributed by atoms with Gasteiger partial charge in [0.05, 0.1) is 0 Å². The van der Waals surface area contributed by atoms with E-state index in [2.05, 4.69) is 31.5 Å². The van der Waals surface area contributed by atoms with Crippen LogP contribution in [0.4, 0.5) is 0 Å². The van der Waals surface area contributed by atoms with Crippen molar-refractivity contribution in [1.82, 2.24) is 4.57 Å². The zero-order chi connectivity index (χ0) is 11.9. The van der Waals surface area contributed by atoms with E-state index in [1.54, 1.807) is 6.92 Å². The molecular weight excluding hydrogens is 186 g/mol. The van der Waals surface area contributed by atoms with E-state index in [9.17, 15) is 4.79 Å². The van der Waals surface area contributed by atoms with E-state index in [0.717, 1.165) is 5.56 Å². The number of hydrogen-bond donors (Lipinski definition) is 0. The third kappa shape index (κ3) is 2.31. The third-order valence-corrected chi connectivity index (χ3v) is 3.07. The van der Waals surface area contributed by atoms with Gasteiger partial charge >= 0.3 is 0 Å². The summed E-state index contributed by atoms with van der Waals surface area (Å²) in [5.41, 5.74) is 0.784. The molecular formula is C13H21NO. The van der Waals surface area contributed by atoms with Crippen molar-refractivity contribution in [3.63, 3.8) is 0 Å². The molecule has 1 aromatic heterocycles. The number of Topliss-reactive ketones (excluding diaryl/α,β-unsaturated/α-hetero) is 1. The lowest BCUT2D eigenvalue weighted by Crippen LogP contribution is -2.26. The van der Waals surface area contributed by atoms with E-state index in [4.69, 9.17) is 0 Å². The molecule has 1 heterocycles. The predicted octanol–water partition coefficient (Wildman–Crippen LogP) is 3.11. The summed E-state index contributed by atoms with van der Waals surface area (Å²) >= 11 is 0. The maximum atomic E-state index is 11.5. The molecule has 0 unspecified atom stereocenters. The molecule has 0 aliphatic carbocycles. The second-order valence-corrected chi connectivity index (χ2v) is 5.66. The summed E-state index contributed by atoms with van der Waals surface area (Å²) in [4.78, 5) is 11.5. The highest BCUT2D eigenvalue weighted by atomic mass is 16.1. The van der Waals surface area contributed by atoms with Gasteiger partial charge in [-0.25, -0.2) is 0 Å². The molecule has 0 bridgehead atoms. The van der Waals surface area contributed by atoms with Crippen LogP contribution in [0, 0.1) is 0 Å². The lowest BCUT2D eigenvalue weighted by Gasteiger charge is -2.23. The zero-order valence-corrected chi connectivity index (χ0v) is 10.6. The third-order valence-electron chi connectivity index (χ3n) is 3.07. The molecule has 2 nitrogen and oxygen atoms in total. The van der Waals surface area contributed by atoms with Crippen LogP contribution in [-0.4, -0.2) is 10.4 Å². The van der Waals surface area contributed by atoms with Crippen LogP contribution in [0.3, 0.4) is 0 Å². The van der Waals surface area contributed by atoms with Crippen LogP contribution in [0.2, 0.25) is 0 Å². The number of carbonyl (C=O) groups is 1. The number of nitrogens with zero attached hydrogens (tertiary/aromatic N) is 1. The molecule has 0 radical (unpaired) electrons. The summed E-state index contributed by atoms with van der Waals surface area (Å²) in [5.74, 6) is 0.203. The number of aromatic nitrogens is 1. The first-order valence-electron chi connectivity index (χ1n) is 5.35. The van der Waals surface area contributed by atoms with Gasteiger partial charge in [0.1, 0.15) is 5.78 Å². The molecule has 15 heavy (non-hydrogen) atoms. The maximum absolute atomic E-state index is 11.5. The van der Waals surface area contributed by atoms with Gasteiger partial charge in [-0.2, -0.15) is 0 Å². The van der Waals surface area contributed by atoms with Crippen LogP contribution in [0.5, 0.6) is 0 Å². The molecule has 0 aliphatic rings. The molecule has 0 fully saturated rings. The second kappa shape index (κ2) is 3.51. The average molecular weight is 207 g/mol. The molecule has 0 aliphatic heterocycles. The van der Waals surface area contributed by atoms with Gasteiger partial charge in [0.2, 0.25) is 0 Å². The average Bonchev–Trinajstić information content (AvgIpc) is 2.50. The Bertz CT molecular complexity index is 366. The summed E-state index contributed by atoms with van der Waals surface area (Å²) in [6.45, 7) is 12.0. The molecule has 0 saturated heterocycles. The Kier molecular flexibility index (Phi) is 2.81. The molecule has 0 aromatic carbocycles. The molecule has 1 rings (SSSR count). The van der Waals surface area contributed by atoms with Crippen LogP contribution in [-0.2, 0) is 15.7 Å². The number of hydrogen-bond acceptors (Lipinski definition) is 1. The lowest BCUT2D eigenvalue weighted by atomic mass is 9.83. The SMILES string of the molecule is CC(=O)C(C)(C)c1ccn(C(C)(C)C)c1. The Labute approximate surface area is 92.3 Å². The summed E-state index contributed by atoms with van der Waals surface area (Å²) in [7, 11) is 0. The van der Waals surface area contributed by atoms with Crippen molar-refractivity contribution in [2.45, 2.75) is 52.5 Å². The monoisotopic (exact) mass is 207 g/mol. The van der Waals surface area contributed by atoms with Crippen LogP contribution in [0.15, 0.2) is 18.5 Å². The van der Waals surface area contributed by atoms with Crippen LogP contribution < -0.4 is 0 Å². The summed E-state index contributed by atoms with van der Waals surface area (Å²) in [5, 5.41) is 0. The largest absolute Gasteiger partial charge is 0.349 e. The summed E-state index contributed by atoms with van der Waals surface area (Å²) in [6.07, 6.45) is 4.11. The van der Waals surface area contributed by atoms with Crippen LogP contribution in [0.25, 0.3) is 0 Å². The van der Waals surface area contributed by atoms with Crippen molar-refractivity contribution in [3.05, 3.63) is 24.0 Å². The highest BCUT2D eigenvalue weighted by Crippen LogP contribution is 2.26. The fourth-order valence-electron chi connectivity index (χ4n) is 1.39. The van der Waals surface area contributed by atoms with Crippen molar-refractivity contribution in [2.24, 2.45) is 0 Å². The van der Waals surface area contributed by atoms with Gasteiger partial charge in [-0.1, -0.05) is 0 Å². The smallest absolute Gasteiger partial charge is 0.139 e. The minimum absolute atomic E-state index is 0.0745. The molecule has 0 N–H and O–H groups in total. The highest BCUT2D eigenvalue weighted by Gasteiger charge is 2.27. The first-order valence-corrected chi connectivity index (χ1v) is 5.35. The summed E-state index contributed by atoms with van der Waals surface area (Å²) < 4.78 is 2.15. The van der Waals surface area contributed by atoms with E-state index < -0.39 is 0 Å². The standard InChI is InChI=1S/C13H21NO/c1-10(15)13(5,6)11-7-8-14(9-11)12(2,3)4/h7-9H,1-6H3. The molecule has 2 heteroatoms. The first kappa shape index (κ1) is 12.0. The number of carbonyl (C=O) groups excluding carboxylic acids is 1. The van der Waals surface area contributed by atoms with Crippen molar-refractivity contribution >= 4 is 5.78 Å². The molecule has 0 saturated carbocycles. The summed E-state index contributed by atoms with van der Waals surface area (Å²) in [6, 6.07) is 2.03. The Balaban J connectivity index is 3.10. The lowest BCUT2D eigenvalue weighted by molar-refractivity contribution is -0.121. The fourth-order valence-corrected chi connectivity index (χ4v) is 1.39. The quantitative estimate of drug-likeness (QED) is 0.730. The topological polar surface area (TPSA) is 22.0 Å². The fraction of sp³-hybridized carbons (Fsp3) is 0.615. The second-order valence-electron chi connectivity index (χ2n) is 5.66.